The lowest BCUT2D eigenvalue weighted by molar-refractivity contribution is -0.116. The molecule has 0 radical (unpaired) electrons. The molecule has 2 aromatic rings. The van der Waals surface area contributed by atoms with Crippen LogP contribution in [0.5, 0.6) is 5.75 Å². The molecule has 0 saturated carbocycles. The van der Waals surface area contributed by atoms with Gasteiger partial charge in [0.05, 0.1) is 13.0 Å². The number of aromatic nitrogens is 1. The Labute approximate surface area is 117 Å². The monoisotopic (exact) mass is 275 g/mol. The zero-order valence-corrected chi connectivity index (χ0v) is 11.5. The molecule has 1 amide bonds. The summed E-state index contributed by atoms with van der Waals surface area (Å²) in [5, 5.41) is 9.34. The number of aryl methyl sites for hydroxylation is 1. The van der Waals surface area contributed by atoms with Crippen molar-refractivity contribution in [1.82, 2.24) is 5.16 Å². The molecule has 0 bridgehead atoms. The Bertz CT molecular complexity index is 563. The molecule has 0 aliphatic rings. The number of carbonyl (C=O) groups excluding carboxylic acids is 1. The summed E-state index contributed by atoms with van der Waals surface area (Å²) in [6.07, 6.45) is 0.250. The lowest BCUT2D eigenvalue weighted by Gasteiger charge is -2.07. The minimum atomic E-state index is -0.162. The quantitative estimate of drug-likeness (QED) is 0.846. The molecule has 0 spiro atoms. The SMILES string of the molecule is CNc1ccc(OCCC(=O)Nc2cc(C)on2)cc1. The summed E-state index contributed by atoms with van der Waals surface area (Å²) in [5.41, 5.74) is 1.01. The summed E-state index contributed by atoms with van der Waals surface area (Å²) in [6, 6.07) is 9.19. The van der Waals surface area contributed by atoms with E-state index in [0.29, 0.717) is 18.2 Å². The summed E-state index contributed by atoms with van der Waals surface area (Å²) in [6.45, 7) is 2.07. The second kappa shape index (κ2) is 6.60. The van der Waals surface area contributed by atoms with Crippen LogP contribution < -0.4 is 15.4 Å². The van der Waals surface area contributed by atoms with Crippen LogP contribution >= 0.6 is 0 Å². The number of anilines is 2. The first kappa shape index (κ1) is 13.9. The van der Waals surface area contributed by atoms with Gasteiger partial charge in [-0.1, -0.05) is 5.16 Å². The molecule has 1 aromatic heterocycles. The van der Waals surface area contributed by atoms with Crippen molar-refractivity contribution < 1.29 is 14.1 Å². The van der Waals surface area contributed by atoms with Gasteiger partial charge in [0.25, 0.3) is 0 Å². The van der Waals surface area contributed by atoms with E-state index in [0.717, 1.165) is 11.4 Å². The molecule has 20 heavy (non-hydrogen) atoms. The Balaban J connectivity index is 1.73. The normalized spacial score (nSPS) is 10.1. The molecule has 1 aromatic carbocycles. The molecule has 0 fully saturated rings. The van der Waals surface area contributed by atoms with E-state index in [4.69, 9.17) is 9.26 Å². The van der Waals surface area contributed by atoms with Crippen LogP contribution in [0.15, 0.2) is 34.9 Å². The highest BCUT2D eigenvalue weighted by Crippen LogP contribution is 2.15. The van der Waals surface area contributed by atoms with Crippen LogP contribution in [0.3, 0.4) is 0 Å². The number of carbonyl (C=O) groups is 1. The van der Waals surface area contributed by atoms with Crippen molar-refractivity contribution in [3.8, 4) is 5.75 Å². The molecule has 6 nitrogen and oxygen atoms in total. The van der Waals surface area contributed by atoms with Crippen LogP contribution in [0.1, 0.15) is 12.2 Å². The van der Waals surface area contributed by atoms with Crippen molar-refractivity contribution >= 4 is 17.4 Å². The van der Waals surface area contributed by atoms with Gasteiger partial charge in [-0.15, -0.1) is 0 Å². The number of ether oxygens (including phenoxy) is 1. The summed E-state index contributed by atoms with van der Waals surface area (Å²) in [4.78, 5) is 11.6. The van der Waals surface area contributed by atoms with Gasteiger partial charge in [0.1, 0.15) is 11.5 Å². The standard InChI is InChI=1S/C14H17N3O3/c1-10-9-13(17-20-10)16-14(18)7-8-19-12-5-3-11(15-2)4-6-12/h3-6,9,15H,7-8H2,1-2H3,(H,16,17,18). The van der Waals surface area contributed by atoms with E-state index in [1.54, 1.807) is 13.0 Å². The summed E-state index contributed by atoms with van der Waals surface area (Å²) in [7, 11) is 1.85. The van der Waals surface area contributed by atoms with Crippen LogP contribution in [0.25, 0.3) is 0 Å². The van der Waals surface area contributed by atoms with Crippen molar-refractivity contribution in [2.75, 3.05) is 24.3 Å². The minimum absolute atomic E-state index is 0.162. The molecular weight excluding hydrogens is 258 g/mol. The van der Waals surface area contributed by atoms with E-state index >= 15 is 0 Å². The van der Waals surface area contributed by atoms with Gasteiger partial charge in [-0.25, -0.2) is 0 Å². The lowest BCUT2D eigenvalue weighted by Crippen LogP contribution is -2.15. The number of hydrogen-bond donors (Lipinski definition) is 2. The third kappa shape index (κ3) is 4.01. The number of rotatable bonds is 6. The second-order valence-electron chi connectivity index (χ2n) is 4.24. The fourth-order valence-corrected chi connectivity index (χ4v) is 1.61. The molecule has 6 heteroatoms. The van der Waals surface area contributed by atoms with Gasteiger partial charge < -0.3 is 19.9 Å². The maximum absolute atomic E-state index is 11.6. The first-order valence-electron chi connectivity index (χ1n) is 6.31. The summed E-state index contributed by atoms with van der Waals surface area (Å²) in [5.74, 6) is 1.64. The predicted octanol–water partition coefficient (Wildman–Crippen LogP) is 2.43. The molecule has 0 unspecified atom stereocenters. The lowest BCUT2D eigenvalue weighted by atomic mass is 10.3. The van der Waals surface area contributed by atoms with Gasteiger partial charge in [0, 0.05) is 18.8 Å². The van der Waals surface area contributed by atoms with Crippen LogP contribution in [-0.2, 0) is 4.79 Å². The number of amides is 1. The maximum Gasteiger partial charge on any atom is 0.229 e. The van der Waals surface area contributed by atoms with E-state index in [-0.39, 0.29) is 12.3 Å². The van der Waals surface area contributed by atoms with Gasteiger partial charge in [0.2, 0.25) is 5.91 Å². The maximum atomic E-state index is 11.6. The Kier molecular flexibility index (Phi) is 4.60. The fourth-order valence-electron chi connectivity index (χ4n) is 1.61. The van der Waals surface area contributed by atoms with E-state index in [1.807, 2.05) is 31.3 Å². The number of nitrogens with zero attached hydrogens (tertiary/aromatic N) is 1. The van der Waals surface area contributed by atoms with Crippen molar-refractivity contribution in [2.24, 2.45) is 0 Å². The van der Waals surface area contributed by atoms with Crippen molar-refractivity contribution in [2.45, 2.75) is 13.3 Å². The number of hydrogen-bond acceptors (Lipinski definition) is 5. The van der Waals surface area contributed by atoms with Crippen molar-refractivity contribution in [3.05, 3.63) is 36.1 Å². The number of benzene rings is 1. The largest absolute Gasteiger partial charge is 0.493 e. The van der Waals surface area contributed by atoms with Crippen molar-refractivity contribution in [1.29, 1.82) is 0 Å². The fraction of sp³-hybridized carbons (Fsp3) is 0.286. The average Bonchev–Trinajstić information content (AvgIpc) is 2.85. The molecule has 0 aliphatic carbocycles. The molecule has 0 saturated heterocycles. The Hall–Kier alpha value is -2.50. The van der Waals surface area contributed by atoms with Crippen molar-refractivity contribution in [3.63, 3.8) is 0 Å². The van der Waals surface area contributed by atoms with E-state index in [1.165, 1.54) is 0 Å². The molecule has 0 atom stereocenters. The first-order valence-corrected chi connectivity index (χ1v) is 6.31. The topological polar surface area (TPSA) is 76.4 Å². The number of nitrogens with one attached hydrogen (secondary N) is 2. The third-order valence-corrected chi connectivity index (χ3v) is 2.64. The van der Waals surface area contributed by atoms with Gasteiger partial charge in [-0.05, 0) is 31.2 Å². The van der Waals surface area contributed by atoms with Gasteiger partial charge >= 0.3 is 0 Å². The van der Waals surface area contributed by atoms with E-state index in [2.05, 4.69) is 15.8 Å². The highest BCUT2D eigenvalue weighted by Gasteiger charge is 2.06. The van der Waals surface area contributed by atoms with Crippen LogP contribution in [0.4, 0.5) is 11.5 Å². The molecule has 0 aliphatic heterocycles. The second-order valence-corrected chi connectivity index (χ2v) is 4.24. The van der Waals surface area contributed by atoms with E-state index in [9.17, 15) is 4.79 Å². The molecule has 2 N–H and O–H groups in total. The summed E-state index contributed by atoms with van der Waals surface area (Å²) >= 11 is 0. The molecule has 1 heterocycles. The minimum Gasteiger partial charge on any atom is -0.493 e. The van der Waals surface area contributed by atoms with Crippen LogP contribution in [0, 0.1) is 6.92 Å². The summed E-state index contributed by atoms with van der Waals surface area (Å²) < 4.78 is 10.3. The Morgan fingerprint density at radius 2 is 2.10 bits per heavy atom. The van der Waals surface area contributed by atoms with Crippen LogP contribution in [0.2, 0.25) is 0 Å². The van der Waals surface area contributed by atoms with Gasteiger partial charge in [0.15, 0.2) is 5.82 Å². The Morgan fingerprint density at radius 3 is 2.70 bits per heavy atom. The Morgan fingerprint density at radius 1 is 1.35 bits per heavy atom. The molecule has 2 rings (SSSR count). The zero-order chi connectivity index (χ0) is 14.4. The van der Waals surface area contributed by atoms with Crippen LogP contribution in [-0.4, -0.2) is 24.7 Å². The van der Waals surface area contributed by atoms with E-state index < -0.39 is 0 Å². The van der Waals surface area contributed by atoms with Gasteiger partial charge in [-0.2, -0.15) is 0 Å². The average molecular weight is 275 g/mol. The highest BCUT2D eigenvalue weighted by atomic mass is 16.5. The smallest absolute Gasteiger partial charge is 0.229 e. The predicted molar refractivity (Wildman–Crippen MR) is 76.0 cm³/mol. The highest BCUT2D eigenvalue weighted by molar-refractivity contribution is 5.89. The van der Waals surface area contributed by atoms with Gasteiger partial charge in [-0.3, -0.25) is 4.79 Å². The molecular formula is C14H17N3O3. The zero-order valence-electron chi connectivity index (χ0n) is 11.5. The molecule has 106 valence electrons. The third-order valence-electron chi connectivity index (χ3n) is 2.64. The first-order chi connectivity index (χ1) is 9.67.